The van der Waals surface area contributed by atoms with E-state index in [9.17, 15) is 0 Å². The molecule has 23 heavy (non-hydrogen) atoms. The Morgan fingerprint density at radius 3 is 2.70 bits per heavy atom. The van der Waals surface area contributed by atoms with Crippen LogP contribution in [-0.2, 0) is 0 Å². The molecule has 2 N–H and O–H groups in total. The molecule has 0 aliphatic heterocycles. The van der Waals surface area contributed by atoms with E-state index in [1.165, 1.54) is 18.4 Å². The van der Waals surface area contributed by atoms with E-state index in [0.717, 1.165) is 34.0 Å². The van der Waals surface area contributed by atoms with Gasteiger partial charge in [0, 0.05) is 22.5 Å². The molecule has 1 aromatic heterocycles. The summed E-state index contributed by atoms with van der Waals surface area (Å²) in [5, 5.41) is 6.81. The third-order valence-electron chi connectivity index (χ3n) is 4.12. The molecule has 1 fully saturated rings. The largest absolute Gasteiger partial charge is 0.352 e. The zero-order valence-electron chi connectivity index (χ0n) is 13.9. The molecule has 1 heterocycles. The number of rotatable bonds is 6. The van der Waals surface area contributed by atoms with Gasteiger partial charge >= 0.3 is 0 Å². The molecule has 2 aromatic rings. The molecule has 1 aliphatic rings. The summed E-state index contributed by atoms with van der Waals surface area (Å²) in [5.74, 6) is 2.16. The van der Waals surface area contributed by atoms with Crippen molar-refractivity contribution in [2.45, 2.75) is 52.0 Å². The minimum absolute atomic E-state index is 0.364. The van der Waals surface area contributed by atoms with E-state index >= 15 is 0 Å². The maximum Gasteiger partial charge on any atom is 0.225 e. The highest BCUT2D eigenvalue weighted by Gasteiger charge is 2.26. The van der Waals surface area contributed by atoms with Crippen molar-refractivity contribution in [2.75, 3.05) is 10.6 Å². The van der Waals surface area contributed by atoms with E-state index in [4.69, 9.17) is 0 Å². The number of nitrogens with zero attached hydrogens (tertiary/aromatic N) is 2. The van der Waals surface area contributed by atoms with Gasteiger partial charge in [0.1, 0.15) is 5.82 Å². The number of hydrogen-bond donors (Lipinski definition) is 2. The Morgan fingerprint density at radius 2 is 2.04 bits per heavy atom. The standard InChI is InChI=1S/C18H23BrN4/c1-4-12(3)20-18-22-16(13-6-7-13)10-17(23-18)21-15-8-5-11(2)9-14(15)19/h5,8-10,12-13H,4,6-7H2,1-3H3,(H2,20,21,22,23)/t12-/m1/s1. The zero-order chi connectivity index (χ0) is 16.4. The summed E-state index contributed by atoms with van der Waals surface area (Å²) >= 11 is 3.61. The number of benzene rings is 1. The molecule has 0 amide bonds. The minimum atomic E-state index is 0.364. The first-order valence-electron chi connectivity index (χ1n) is 8.24. The van der Waals surface area contributed by atoms with E-state index in [2.05, 4.69) is 81.6 Å². The Balaban J connectivity index is 1.87. The van der Waals surface area contributed by atoms with Crippen molar-refractivity contribution in [3.05, 3.63) is 40.0 Å². The molecule has 0 radical (unpaired) electrons. The van der Waals surface area contributed by atoms with Gasteiger partial charge in [-0.05, 0) is 66.7 Å². The maximum absolute atomic E-state index is 4.69. The van der Waals surface area contributed by atoms with Crippen molar-refractivity contribution in [2.24, 2.45) is 0 Å². The molecule has 0 spiro atoms. The number of aromatic nitrogens is 2. The van der Waals surface area contributed by atoms with Crippen LogP contribution in [0.3, 0.4) is 0 Å². The number of aryl methyl sites for hydroxylation is 1. The van der Waals surface area contributed by atoms with E-state index in [1.54, 1.807) is 0 Å². The van der Waals surface area contributed by atoms with Crippen LogP contribution in [0.15, 0.2) is 28.7 Å². The predicted molar refractivity (Wildman–Crippen MR) is 99.5 cm³/mol. The third-order valence-corrected chi connectivity index (χ3v) is 4.77. The third kappa shape index (κ3) is 4.22. The summed E-state index contributed by atoms with van der Waals surface area (Å²) in [5.41, 5.74) is 3.38. The molecule has 122 valence electrons. The average Bonchev–Trinajstić information content (AvgIpc) is 3.34. The smallest absolute Gasteiger partial charge is 0.225 e. The van der Waals surface area contributed by atoms with E-state index in [1.807, 2.05) is 0 Å². The van der Waals surface area contributed by atoms with Gasteiger partial charge in [0.15, 0.2) is 0 Å². The fraction of sp³-hybridized carbons (Fsp3) is 0.444. The monoisotopic (exact) mass is 374 g/mol. The lowest BCUT2D eigenvalue weighted by molar-refractivity contribution is 0.750. The lowest BCUT2D eigenvalue weighted by atomic mass is 10.2. The second-order valence-corrected chi connectivity index (χ2v) is 7.19. The summed E-state index contributed by atoms with van der Waals surface area (Å²) in [6.45, 7) is 6.39. The fourth-order valence-corrected chi connectivity index (χ4v) is 2.96. The van der Waals surface area contributed by atoms with Gasteiger partial charge in [-0.2, -0.15) is 4.98 Å². The molecule has 1 aliphatic carbocycles. The second-order valence-electron chi connectivity index (χ2n) is 6.34. The molecule has 1 aromatic carbocycles. The Morgan fingerprint density at radius 1 is 1.26 bits per heavy atom. The number of hydrogen-bond acceptors (Lipinski definition) is 4. The summed E-state index contributed by atoms with van der Waals surface area (Å²) in [6, 6.07) is 8.70. The van der Waals surface area contributed by atoms with Crippen LogP contribution < -0.4 is 10.6 Å². The molecular weight excluding hydrogens is 352 g/mol. The first-order valence-corrected chi connectivity index (χ1v) is 9.03. The van der Waals surface area contributed by atoms with Gasteiger partial charge in [-0.3, -0.25) is 0 Å². The lowest BCUT2D eigenvalue weighted by Crippen LogP contribution is -2.16. The number of halogens is 1. The lowest BCUT2D eigenvalue weighted by Gasteiger charge is -2.15. The molecule has 3 rings (SSSR count). The Bertz CT molecular complexity index is 697. The highest BCUT2D eigenvalue weighted by atomic mass is 79.9. The van der Waals surface area contributed by atoms with Gasteiger partial charge in [-0.25, -0.2) is 4.98 Å². The highest BCUT2D eigenvalue weighted by molar-refractivity contribution is 9.10. The van der Waals surface area contributed by atoms with Crippen molar-refractivity contribution in [1.82, 2.24) is 9.97 Å². The second kappa shape index (κ2) is 6.87. The predicted octanol–water partition coefficient (Wildman–Crippen LogP) is 5.38. The van der Waals surface area contributed by atoms with Crippen LogP contribution in [0.1, 0.15) is 50.3 Å². The van der Waals surface area contributed by atoms with Crippen LogP contribution in [0.25, 0.3) is 0 Å². The molecule has 5 heteroatoms. The molecule has 4 nitrogen and oxygen atoms in total. The molecule has 0 unspecified atom stereocenters. The molecular formula is C18H23BrN4. The van der Waals surface area contributed by atoms with E-state index < -0.39 is 0 Å². The van der Waals surface area contributed by atoms with Crippen LogP contribution in [0.4, 0.5) is 17.5 Å². The molecule has 0 saturated heterocycles. The first-order chi connectivity index (χ1) is 11.0. The van der Waals surface area contributed by atoms with Crippen LogP contribution in [-0.4, -0.2) is 16.0 Å². The summed E-state index contributed by atoms with van der Waals surface area (Å²) in [4.78, 5) is 9.32. The minimum Gasteiger partial charge on any atom is -0.352 e. The molecule has 1 saturated carbocycles. The first kappa shape index (κ1) is 16.2. The Hall–Kier alpha value is -1.62. The number of anilines is 3. The Labute approximate surface area is 146 Å². The van der Waals surface area contributed by atoms with Crippen molar-refractivity contribution in [3.63, 3.8) is 0 Å². The quantitative estimate of drug-likeness (QED) is 0.712. The van der Waals surface area contributed by atoms with Gasteiger partial charge in [-0.1, -0.05) is 13.0 Å². The normalized spacial score (nSPS) is 15.3. The van der Waals surface area contributed by atoms with Gasteiger partial charge < -0.3 is 10.6 Å². The number of nitrogens with one attached hydrogen (secondary N) is 2. The van der Waals surface area contributed by atoms with E-state index in [-0.39, 0.29) is 0 Å². The Kier molecular flexibility index (Phi) is 4.85. The molecule has 0 bridgehead atoms. The fourth-order valence-electron chi connectivity index (χ4n) is 2.36. The highest BCUT2D eigenvalue weighted by Crippen LogP contribution is 2.40. The van der Waals surface area contributed by atoms with Gasteiger partial charge in [0.2, 0.25) is 5.95 Å². The SMILES string of the molecule is CC[C@@H](C)Nc1nc(Nc2ccc(C)cc2Br)cc(C2CC2)n1. The van der Waals surface area contributed by atoms with Gasteiger partial charge in [-0.15, -0.1) is 0 Å². The molecule has 1 atom stereocenters. The summed E-state index contributed by atoms with van der Waals surface area (Å²) < 4.78 is 1.04. The average molecular weight is 375 g/mol. The topological polar surface area (TPSA) is 49.8 Å². The van der Waals surface area contributed by atoms with Crippen molar-refractivity contribution in [1.29, 1.82) is 0 Å². The maximum atomic E-state index is 4.69. The summed E-state index contributed by atoms with van der Waals surface area (Å²) in [7, 11) is 0. The van der Waals surface area contributed by atoms with Crippen LogP contribution in [0.2, 0.25) is 0 Å². The van der Waals surface area contributed by atoms with E-state index in [0.29, 0.717) is 12.0 Å². The van der Waals surface area contributed by atoms with Crippen LogP contribution in [0, 0.1) is 6.92 Å². The zero-order valence-corrected chi connectivity index (χ0v) is 15.4. The summed E-state index contributed by atoms with van der Waals surface area (Å²) in [6.07, 6.45) is 3.50. The van der Waals surface area contributed by atoms with Gasteiger partial charge in [0.05, 0.1) is 11.4 Å². The van der Waals surface area contributed by atoms with Crippen LogP contribution in [0.5, 0.6) is 0 Å². The van der Waals surface area contributed by atoms with Crippen LogP contribution >= 0.6 is 15.9 Å². The van der Waals surface area contributed by atoms with Gasteiger partial charge in [0.25, 0.3) is 0 Å². The van der Waals surface area contributed by atoms with Crippen molar-refractivity contribution >= 4 is 33.4 Å². The van der Waals surface area contributed by atoms with Crippen molar-refractivity contribution < 1.29 is 0 Å². The van der Waals surface area contributed by atoms with Crippen molar-refractivity contribution in [3.8, 4) is 0 Å².